The van der Waals surface area contributed by atoms with Crippen LogP contribution in [0.15, 0.2) is 25.2 Å². The van der Waals surface area contributed by atoms with Gasteiger partial charge in [0.2, 0.25) is 0 Å². The van der Waals surface area contributed by atoms with E-state index in [2.05, 4.69) is 11.9 Å². The van der Waals surface area contributed by atoms with Crippen molar-refractivity contribution < 1.29 is 0 Å². The summed E-state index contributed by atoms with van der Waals surface area (Å²) in [4.78, 5) is 1.96. The Morgan fingerprint density at radius 2 is 2.22 bits per heavy atom. The second-order valence-corrected chi connectivity index (χ2v) is 1.37. The minimum absolute atomic E-state index is 0. The normalized spacial score (nSPS) is 13.1. The fraction of sp³-hybridized carbons (Fsp3) is 0.200. The van der Waals surface area contributed by atoms with Crippen molar-refractivity contribution in [1.82, 2.24) is 10.2 Å². The van der Waals surface area contributed by atoms with Gasteiger partial charge in [-0.25, -0.2) is 0 Å². The molecule has 0 aromatic heterocycles. The summed E-state index contributed by atoms with van der Waals surface area (Å²) in [5.41, 5.74) is 0. The van der Waals surface area contributed by atoms with E-state index < -0.39 is 0 Å². The first-order valence-corrected chi connectivity index (χ1v) is 2.22. The number of nitrogens with zero attached hydrogens (tertiary/aromatic N) is 1. The van der Waals surface area contributed by atoms with Crippen LogP contribution in [0, 0.1) is 0 Å². The number of hydrogen-bond acceptors (Lipinski definition) is 2. The number of nitrogens with one attached hydrogen (secondary N) is 1. The van der Waals surface area contributed by atoms with Crippen LogP contribution in [0.3, 0.4) is 0 Å². The molecule has 54 valence electrons. The summed E-state index contributed by atoms with van der Waals surface area (Å²) in [7, 11) is 0. The molecule has 0 radical (unpaired) electrons. The van der Waals surface area contributed by atoms with E-state index in [-0.39, 0.29) is 34.0 Å². The van der Waals surface area contributed by atoms with E-state index >= 15 is 0 Å². The lowest BCUT2D eigenvalue weighted by atomic mass is 10.8. The van der Waals surface area contributed by atoms with Gasteiger partial charge in [0.1, 0.15) is 0 Å². The van der Waals surface area contributed by atoms with Crippen molar-refractivity contribution in [3.63, 3.8) is 0 Å². The van der Waals surface area contributed by atoms with Crippen LogP contribution in [-0.4, -0.2) is 11.6 Å². The molecule has 0 aromatic carbocycles. The van der Waals surface area contributed by atoms with E-state index in [0.29, 0.717) is 0 Å². The van der Waals surface area contributed by atoms with Gasteiger partial charge < -0.3 is 10.2 Å². The zero-order valence-electron chi connectivity index (χ0n) is 4.91. The van der Waals surface area contributed by atoms with Crippen molar-refractivity contribution >= 4 is 34.0 Å². The SMILES string of the molecule is Br.Br.C=CN1C=CNC1. The highest BCUT2D eigenvalue weighted by Crippen LogP contribution is 1.91. The second kappa shape index (κ2) is 6.16. The Kier molecular flexibility index (Phi) is 8.08. The molecule has 1 heterocycles. The Bertz CT molecular complexity index is 103. The lowest BCUT2D eigenvalue weighted by Gasteiger charge is -2.04. The maximum Gasteiger partial charge on any atom is 0.0910 e. The number of hydrogen-bond donors (Lipinski definition) is 1. The van der Waals surface area contributed by atoms with Crippen LogP contribution in [0.2, 0.25) is 0 Å². The predicted molar refractivity (Wildman–Crippen MR) is 49.8 cm³/mol. The van der Waals surface area contributed by atoms with Crippen molar-refractivity contribution in [2.45, 2.75) is 0 Å². The molecule has 9 heavy (non-hydrogen) atoms. The fourth-order valence-corrected chi connectivity index (χ4v) is 0.485. The molecule has 4 heteroatoms. The second-order valence-electron chi connectivity index (χ2n) is 1.37. The molecule has 0 aromatic rings. The molecule has 0 atom stereocenters. The molecule has 1 aliphatic rings. The van der Waals surface area contributed by atoms with Gasteiger partial charge in [0.15, 0.2) is 0 Å². The van der Waals surface area contributed by atoms with Crippen LogP contribution in [0.25, 0.3) is 0 Å². The number of halogens is 2. The number of rotatable bonds is 1. The summed E-state index contributed by atoms with van der Waals surface area (Å²) in [5.74, 6) is 0. The highest BCUT2D eigenvalue weighted by Gasteiger charge is 1.93. The van der Waals surface area contributed by atoms with E-state index in [9.17, 15) is 0 Å². The highest BCUT2D eigenvalue weighted by atomic mass is 79.9. The van der Waals surface area contributed by atoms with E-state index in [1.807, 2.05) is 17.3 Å². The largest absolute Gasteiger partial charge is 0.372 e. The zero-order chi connectivity index (χ0) is 5.11. The Hall–Kier alpha value is 0.0400. The molecule has 0 fully saturated rings. The summed E-state index contributed by atoms with van der Waals surface area (Å²) in [6.07, 6.45) is 5.60. The molecule has 1 N–H and O–H groups in total. The molecule has 0 bridgehead atoms. The molecule has 0 spiro atoms. The van der Waals surface area contributed by atoms with E-state index in [1.165, 1.54) is 0 Å². The summed E-state index contributed by atoms with van der Waals surface area (Å²) in [6.45, 7) is 4.44. The fourth-order valence-electron chi connectivity index (χ4n) is 0.485. The summed E-state index contributed by atoms with van der Waals surface area (Å²) < 4.78 is 0. The summed E-state index contributed by atoms with van der Waals surface area (Å²) >= 11 is 0. The molecule has 0 saturated carbocycles. The van der Waals surface area contributed by atoms with Crippen LogP contribution in [0.1, 0.15) is 0 Å². The zero-order valence-corrected chi connectivity index (χ0v) is 8.34. The van der Waals surface area contributed by atoms with Gasteiger partial charge in [-0.05, 0) is 6.20 Å². The molecule has 1 rings (SSSR count). The van der Waals surface area contributed by atoms with Gasteiger partial charge in [0.25, 0.3) is 0 Å². The average molecular weight is 258 g/mol. The van der Waals surface area contributed by atoms with Crippen molar-refractivity contribution in [3.8, 4) is 0 Å². The molecule has 0 saturated heterocycles. The van der Waals surface area contributed by atoms with Crippen molar-refractivity contribution in [2.24, 2.45) is 0 Å². The van der Waals surface area contributed by atoms with Gasteiger partial charge >= 0.3 is 0 Å². The Balaban J connectivity index is 0. The first-order valence-electron chi connectivity index (χ1n) is 2.22. The molecule has 2 nitrogen and oxygen atoms in total. The minimum Gasteiger partial charge on any atom is -0.372 e. The molecule has 0 amide bonds. The molecule has 0 unspecified atom stereocenters. The van der Waals surface area contributed by atoms with Gasteiger partial charge in [0, 0.05) is 12.4 Å². The minimum atomic E-state index is 0. The van der Waals surface area contributed by atoms with Crippen molar-refractivity contribution in [2.75, 3.05) is 6.67 Å². The van der Waals surface area contributed by atoms with Crippen LogP contribution in [0.4, 0.5) is 0 Å². The quantitative estimate of drug-likeness (QED) is 0.768. The first-order chi connectivity index (χ1) is 3.43. The molecular formula is C5H10Br2N2. The van der Waals surface area contributed by atoms with Gasteiger partial charge in [-0.1, -0.05) is 6.58 Å². The van der Waals surface area contributed by atoms with Crippen LogP contribution >= 0.6 is 34.0 Å². The van der Waals surface area contributed by atoms with Gasteiger partial charge in [0.05, 0.1) is 6.67 Å². The molecule has 0 aliphatic carbocycles. The lowest BCUT2D eigenvalue weighted by Crippen LogP contribution is -2.13. The molecular weight excluding hydrogens is 248 g/mol. The third kappa shape index (κ3) is 3.59. The topological polar surface area (TPSA) is 15.3 Å². The van der Waals surface area contributed by atoms with Crippen molar-refractivity contribution in [1.29, 1.82) is 0 Å². The standard InChI is InChI=1S/C5H8N2.2BrH/c1-2-7-4-3-6-5-7;;/h2-4,6H,1,5H2;2*1H. The van der Waals surface area contributed by atoms with Gasteiger partial charge in [-0.3, -0.25) is 0 Å². The van der Waals surface area contributed by atoms with E-state index in [1.54, 1.807) is 6.20 Å². The predicted octanol–water partition coefficient (Wildman–Crippen LogP) is 1.62. The third-order valence-electron chi connectivity index (χ3n) is 0.892. The van der Waals surface area contributed by atoms with Gasteiger partial charge in [-0.2, -0.15) is 0 Å². The smallest absolute Gasteiger partial charge is 0.0910 e. The van der Waals surface area contributed by atoms with Crippen LogP contribution in [-0.2, 0) is 0 Å². The Labute approximate surface area is 76.1 Å². The van der Waals surface area contributed by atoms with Crippen LogP contribution < -0.4 is 5.32 Å². The first kappa shape index (κ1) is 11.8. The van der Waals surface area contributed by atoms with E-state index in [0.717, 1.165) is 6.67 Å². The van der Waals surface area contributed by atoms with Crippen molar-refractivity contribution in [3.05, 3.63) is 25.2 Å². The van der Waals surface area contributed by atoms with Gasteiger partial charge in [-0.15, -0.1) is 34.0 Å². The maximum absolute atomic E-state index is 3.58. The monoisotopic (exact) mass is 256 g/mol. The Morgan fingerprint density at radius 3 is 2.44 bits per heavy atom. The lowest BCUT2D eigenvalue weighted by molar-refractivity contribution is 0.525. The Morgan fingerprint density at radius 1 is 1.56 bits per heavy atom. The summed E-state index contributed by atoms with van der Waals surface area (Å²) in [6, 6.07) is 0. The highest BCUT2D eigenvalue weighted by molar-refractivity contribution is 8.93. The third-order valence-corrected chi connectivity index (χ3v) is 0.892. The average Bonchev–Trinajstić information content (AvgIpc) is 2.14. The maximum atomic E-state index is 3.58. The van der Waals surface area contributed by atoms with E-state index in [4.69, 9.17) is 0 Å². The summed E-state index contributed by atoms with van der Waals surface area (Å²) in [5, 5.41) is 3.00. The van der Waals surface area contributed by atoms with Crippen LogP contribution in [0.5, 0.6) is 0 Å². The molecule has 1 aliphatic heterocycles.